The predicted octanol–water partition coefficient (Wildman–Crippen LogP) is 3.87. The fourth-order valence-corrected chi connectivity index (χ4v) is 3.92. The Labute approximate surface area is 178 Å². The zero-order valence-electron chi connectivity index (χ0n) is 16.2. The van der Waals surface area contributed by atoms with Crippen LogP contribution in [0, 0.1) is 10.1 Å². The van der Waals surface area contributed by atoms with Gasteiger partial charge in [0, 0.05) is 37.5 Å². The van der Waals surface area contributed by atoms with Crippen LogP contribution in [0.1, 0.15) is 23.5 Å². The molecule has 1 aromatic carbocycles. The zero-order chi connectivity index (χ0) is 21.1. The van der Waals surface area contributed by atoms with Gasteiger partial charge in [-0.3, -0.25) is 15.1 Å². The lowest BCUT2D eigenvalue weighted by Crippen LogP contribution is -2.32. The van der Waals surface area contributed by atoms with Crippen molar-refractivity contribution in [2.45, 2.75) is 12.1 Å². The highest BCUT2D eigenvalue weighted by molar-refractivity contribution is 7.80. The van der Waals surface area contributed by atoms with E-state index in [4.69, 9.17) is 21.4 Å². The molecule has 9 heteroatoms. The highest BCUT2D eigenvalue weighted by atomic mass is 32.1. The van der Waals surface area contributed by atoms with Gasteiger partial charge in [0.2, 0.25) is 0 Å². The second-order valence-corrected chi connectivity index (χ2v) is 7.21. The highest BCUT2D eigenvalue weighted by Crippen LogP contribution is 2.40. The number of nitrogens with zero attached hydrogens (tertiary/aromatic N) is 3. The molecule has 3 heterocycles. The van der Waals surface area contributed by atoms with Crippen molar-refractivity contribution in [3.8, 4) is 11.3 Å². The number of aromatic nitrogens is 1. The SMILES string of the molecule is COCCN1C(=S)N[C@H](c2ccccn2)[C@@H]1c1ccc(-c2cccc([N+](=O)[O-])c2)o1. The van der Waals surface area contributed by atoms with Gasteiger partial charge in [0.25, 0.3) is 5.69 Å². The van der Waals surface area contributed by atoms with Crippen LogP contribution in [0.3, 0.4) is 0 Å². The first-order valence-electron chi connectivity index (χ1n) is 9.40. The molecule has 0 aliphatic carbocycles. The molecule has 0 saturated carbocycles. The van der Waals surface area contributed by atoms with Crippen LogP contribution in [-0.4, -0.2) is 40.2 Å². The smallest absolute Gasteiger partial charge is 0.270 e. The maximum atomic E-state index is 11.1. The van der Waals surface area contributed by atoms with E-state index in [9.17, 15) is 10.1 Å². The summed E-state index contributed by atoms with van der Waals surface area (Å²) in [5.74, 6) is 1.24. The Bertz CT molecular complexity index is 1060. The fraction of sp³-hybridized carbons (Fsp3) is 0.238. The molecule has 1 aliphatic heterocycles. The number of methoxy groups -OCH3 is 1. The van der Waals surface area contributed by atoms with Gasteiger partial charge in [-0.1, -0.05) is 18.2 Å². The standard InChI is InChI=1S/C21H20N4O4S/c1-28-12-11-24-20(19(23-21(24)30)16-7-2-3-10-22-16)18-9-8-17(29-18)14-5-4-6-15(13-14)25(26)27/h2-10,13,19-20H,11-12H2,1H3,(H,23,30)/t19-,20+/m1/s1. The first-order valence-corrected chi connectivity index (χ1v) is 9.81. The predicted molar refractivity (Wildman–Crippen MR) is 115 cm³/mol. The van der Waals surface area contributed by atoms with Gasteiger partial charge in [-0.15, -0.1) is 0 Å². The van der Waals surface area contributed by atoms with E-state index in [0.29, 0.717) is 35.3 Å². The summed E-state index contributed by atoms with van der Waals surface area (Å²) in [6.07, 6.45) is 1.74. The Morgan fingerprint density at radius 3 is 2.87 bits per heavy atom. The van der Waals surface area contributed by atoms with Gasteiger partial charge >= 0.3 is 0 Å². The van der Waals surface area contributed by atoms with Crippen molar-refractivity contribution >= 4 is 23.0 Å². The van der Waals surface area contributed by atoms with Crippen LogP contribution in [0.2, 0.25) is 0 Å². The molecule has 0 bridgehead atoms. The van der Waals surface area contributed by atoms with Crippen LogP contribution in [-0.2, 0) is 4.74 Å². The maximum absolute atomic E-state index is 11.1. The first-order chi connectivity index (χ1) is 14.6. The summed E-state index contributed by atoms with van der Waals surface area (Å²) in [6, 6.07) is 15.4. The van der Waals surface area contributed by atoms with Crippen molar-refractivity contribution in [2.75, 3.05) is 20.3 Å². The lowest BCUT2D eigenvalue weighted by molar-refractivity contribution is -0.384. The first kappa shape index (κ1) is 20.0. The van der Waals surface area contributed by atoms with Crippen LogP contribution >= 0.6 is 12.2 Å². The zero-order valence-corrected chi connectivity index (χ0v) is 17.0. The van der Waals surface area contributed by atoms with E-state index < -0.39 is 4.92 Å². The van der Waals surface area contributed by atoms with Crippen molar-refractivity contribution in [1.29, 1.82) is 0 Å². The number of benzene rings is 1. The van der Waals surface area contributed by atoms with E-state index in [1.54, 1.807) is 25.4 Å². The molecule has 1 N–H and O–H groups in total. The molecule has 154 valence electrons. The molecular weight excluding hydrogens is 404 g/mol. The molecule has 2 aromatic heterocycles. The van der Waals surface area contributed by atoms with E-state index in [-0.39, 0.29) is 17.8 Å². The van der Waals surface area contributed by atoms with E-state index >= 15 is 0 Å². The molecule has 8 nitrogen and oxygen atoms in total. The van der Waals surface area contributed by atoms with Gasteiger partial charge in [0.15, 0.2) is 5.11 Å². The molecular formula is C21H20N4O4S. The molecule has 3 aromatic rings. The largest absolute Gasteiger partial charge is 0.459 e. The summed E-state index contributed by atoms with van der Waals surface area (Å²) in [6.45, 7) is 1.09. The Balaban J connectivity index is 1.71. The summed E-state index contributed by atoms with van der Waals surface area (Å²) in [5.41, 5.74) is 1.50. The number of pyridine rings is 1. The van der Waals surface area contributed by atoms with E-state index in [2.05, 4.69) is 10.3 Å². The fourth-order valence-electron chi connectivity index (χ4n) is 3.58. The Morgan fingerprint density at radius 1 is 1.27 bits per heavy atom. The molecule has 1 saturated heterocycles. The highest BCUT2D eigenvalue weighted by Gasteiger charge is 2.41. The third kappa shape index (κ3) is 3.89. The van der Waals surface area contributed by atoms with Gasteiger partial charge in [0.1, 0.15) is 17.6 Å². The lowest BCUT2D eigenvalue weighted by Gasteiger charge is -2.25. The number of non-ortho nitro benzene ring substituents is 1. The van der Waals surface area contributed by atoms with Crippen LogP contribution in [0.25, 0.3) is 11.3 Å². The lowest BCUT2D eigenvalue weighted by atomic mass is 10.0. The second-order valence-electron chi connectivity index (χ2n) is 6.82. The molecule has 4 rings (SSSR count). The minimum Gasteiger partial charge on any atom is -0.459 e. The van der Waals surface area contributed by atoms with Crippen LogP contribution < -0.4 is 5.32 Å². The van der Waals surface area contributed by atoms with Gasteiger partial charge < -0.3 is 19.4 Å². The van der Waals surface area contributed by atoms with Crippen molar-refractivity contribution in [1.82, 2.24) is 15.2 Å². The van der Waals surface area contributed by atoms with E-state index in [1.165, 1.54) is 12.1 Å². The maximum Gasteiger partial charge on any atom is 0.270 e. The number of nitro groups is 1. The van der Waals surface area contributed by atoms with Crippen LogP contribution in [0.5, 0.6) is 0 Å². The van der Waals surface area contributed by atoms with Crippen molar-refractivity contribution in [3.05, 3.63) is 82.4 Å². The van der Waals surface area contributed by atoms with E-state index in [1.807, 2.05) is 35.2 Å². The molecule has 30 heavy (non-hydrogen) atoms. The molecule has 0 unspecified atom stereocenters. The minimum absolute atomic E-state index is 0.0160. The van der Waals surface area contributed by atoms with Crippen molar-refractivity contribution in [2.24, 2.45) is 0 Å². The number of thiocarbonyl (C=S) groups is 1. The summed E-state index contributed by atoms with van der Waals surface area (Å²) < 4.78 is 11.4. The topological polar surface area (TPSA) is 93.7 Å². The number of nitro benzene ring substituents is 1. The Hall–Kier alpha value is -3.30. The quantitative estimate of drug-likeness (QED) is 0.347. The van der Waals surface area contributed by atoms with Gasteiger partial charge in [-0.25, -0.2) is 0 Å². The van der Waals surface area contributed by atoms with Crippen molar-refractivity contribution in [3.63, 3.8) is 0 Å². The average Bonchev–Trinajstić information content (AvgIpc) is 3.37. The van der Waals surface area contributed by atoms with Gasteiger partial charge in [0.05, 0.1) is 23.3 Å². The molecule has 0 radical (unpaired) electrons. The molecule has 0 spiro atoms. The Morgan fingerprint density at radius 2 is 2.13 bits per heavy atom. The average molecular weight is 424 g/mol. The third-order valence-corrected chi connectivity index (χ3v) is 5.35. The van der Waals surface area contributed by atoms with Crippen LogP contribution in [0.4, 0.5) is 5.69 Å². The molecule has 0 amide bonds. The number of ether oxygens (including phenoxy) is 1. The Kier molecular flexibility index (Phi) is 5.73. The molecule has 1 aliphatic rings. The number of nitrogens with one attached hydrogen (secondary N) is 1. The number of hydrogen-bond donors (Lipinski definition) is 1. The summed E-state index contributed by atoms with van der Waals surface area (Å²) >= 11 is 5.57. The number of rotatable bonds is 7. The molecule has 2 atom stereocenters. The summed E-state index contributed by atoms with van der Waals surface area (Å²) in [5, 5.41) is 15.0. The minimum atomic E-state index is -0.420. The summed E-state index contributed by atoms with van der Waals surface area (Å²) in [7, 11) is 1.64. The number of furan rings is 1. The normalized spacial score (nSPS) is 18.4. The van der Waals surface area contributed by atoms with Gasteiger partial charge in [-0.05, 0) is 36.5 Å². The van der Waals surface area contributed by atoms with Gasteiger partial charge in [-0.2, -0.15) is 0 Å². The summed E-state index contributed by atoms with van der Waals surface area (Å²) in [4.78, 5) is 17.2. The van der Waals surface area contributed by atoms with E-state index in [0.717, 1.165) is 5.69 Å². The van der Waals surface area contributed by atoms with Crippen LogP contribution in [0.15, 0.2) is 65.2 Å². The third-order valence-electron chi connectivity index (χ3n) is 4.99. The second kappa shape index (κ2) is 8.60. The van der Waals surface area contributed by atoms with Crippen molar-refractivity contribution < 1.29 is 14.1 Å². The monoisotopic (exact) mass is 424 g/mol. The number of hydrogen-bond acceptors (Lipinski definition) is 6. The molecule has 1 fully saturated rings.